The predicted molar refractivity (Wildman–Crippen MR) is 107 cm³/mol. The molecule has 0 aromatic heterocycles. The average molecular weight is 432 g/mol. The van der Waals surface area contributed by atoms with Crippen molar-refractivity contribution in [2.24, 2.45) is 10.4 Å². The van der Waals surface area contributed by atoms with E-state index in [1.165, 1.54) is 0 Å². The number of carbonyl (C=O) groups is 1. The highest BCUT2D eigenvalue weighted by Crippen LogP contribution is 2.13. The molecule has 0 atom stereocenters. The number of benzene rings is 1. The summed E-state index contributed by atoms with van der Waals surface area (Å²) in [4.78, 5) is 18.6. The van der Waals surface area contributed by atoms with Crippen LogP contribution in [-0.2, 0) is 11.3 Å². The summed E-state index contributed by atoms with van der Waals surface area (Å²) in [5.41, 5.74) is 0.672. The van der Waals surface area contributed by atoms with Crippen LogP contribution in [0.2, 0.25) is 0 Å². The van der Waals surface area contributed by atoms with Crippen molar-refractivity contribution >= 4 is 35.8 Å². The van der Waals surface area contributed by atoms with E-state index in [1.54, 1.807) is 0 Å². The zero-order chi connectivity index (χ0) is 16.6. The average Bonchev–Trinajstić information content (AvgIpc) is 2.48. The number of guanidine groups is 1. The van der Waals surface area contributed by atoms with E-state index < -0.39 is 5.41 Å². The Kier molecular flexibility index (Phi) is 9.87. The molecule has 1 aromatic rings. The van der Waals surface area contributed by atoms with Crippen molar-refractivity contribution in [2.45, 2.75) is 27.3 Å². The summed E-state index contributed by atoms with van der Waals surface area (Å²) in [6.45, 7) is 7.57. The van der Waals surface area contributed by atoms with E-state index in [9.17, 15) is 4.79 Å². The van der Waals surface area contributed by atoms with Gasteiger partial charge in [-0.3, -0.25) is 4.79 Å². The molecule has 23 heavy (non-hydrogen) atoms. The van der Waals surface area contributed by atoms with Crippen LogP contribution >= 0.6 is 24.0 Å². The monoisotopic (exact) mass is 432 g/mol. The SMILES string of the molecule is CCNC(=O)C(C)(C)CNC(=NCc1ccccc1)N(C)C.I. The van der Waals surface area contributed by atoms with Crippen molar-refractivity contribution in [2.75, 3.05) is 27.2 Å². The number of halogens is 1. The van der Waals surface area contributed by atoms with Gasteiger partial charge in [0, 0.05) is 27.2 Å². The Morgan fingerprint density at radius 3 is 2.30 bits per heavy atom. The van der Waals surface area contributed by atoms with Crippen molar-refractivity contribution in [3.63, 3.8) is 0 Å². The molecule has 0 fully saturated rings. The highest BCUT2D eigenvalue weighted by Gasteiger charge is 2.27. The molecular formula is C17H29IN4O. The van der Waals surface area contributed by atoms with Gasteiger partial charge in [-0.05, 0) is 26.3 Å². The summed E-state index contributed by atoms with van der Waals surface area (Å²) in [7, 11) is 3.88. The van der Waals surface area contributed by atoms with E-state index in [2.05, 4.69) is 27.8 Å². The maximum absolute atomic E-state index is 12.0. The van der Waals surface area contributed by atoms with E-state index in [-0.39, 0.29) is 29.9 Å². The quantitative estimate of drug-likeness (QED) is 0.413. The van der Waals surface area contributed by atoms with Crippen molar-refractivity contribution in [3.8, 4) is 0 Å². The minimum absolute atomic E-state index is 0. The predicted octanol–water partition coefficient (Wildman–Crippen LogP) is 2.47. The van der Waals surface area contributed by atoms with E-state index in [0.717, 1.165) is 11.5 Å². The minimum Gasteiger partial charge on any atom is -0.356 e. The first-order valence-corrected chi connectivity index (χ1v) is 7.64. The molecular weight excluding hydrogens is 403 g/mol. The highest BCUT2D eigenvalue weighted by molar-refractivity contribution is 14.0. The maximum atomic E-state index is 12.0. The molecule has 6 heteroatoms. The van der Waals surface area contributed by atoms with E-state index >= 15 is 0 Å². The molecule has 130 valence electrons. The summed E-state index contributed by atoms with van der Waals surface area (Å²) in [5, 5.41) is 6.15. The lowest BCUT2D eigenvalue weighted by molar-refractivity contribution is -0.128. The third-order valence-electron chi connectivity index (χ3n) is 3.32. The Balaban J connectivity index is 0.00000484. The molecule has 0 aliphatic rings. The molecule has 0 aliphatic heterocycles. The second-order valence-corrected chi connectivity index (χ2v) is 6.12. The first-order valence-electron chi connectivity index (χ1n) is 7.64. The molecule has 0 heterocycles. The number of hydrogen-bond donors (Lipinski definition) is 2. The molecule has 1 amide bonds. The fourth-order valence-electron chi connectivity index (χ4n) is 1.89. The van der Waals surface area contributed by atoms with Crippen LogP contribution in [0.3, 0.4) is 0 Å². The summed E-state index contributed by atoms with van der Waals surface area (Å²) in [6.07, 6.45) is 0. The summed E-state index contributed by atoms with van der Waals surface area (Å²) < 4.78 is 0. The van der Waals surface area contributed by atoms with Gasteiger partial charge in [-0.25, -0.2) is 4.99 Å². The van der Waals surface area contributed by atoms with E-state index in [4.69, 9.17) is 0 Å². The number of amides is 1. The third kappa shape index (κ3) is 7.67. The second-order valence-electron chi connectivity index (χ2n) is 6.12. The fourth-order valence-corrected chi connectivity index (χ4v) is 1.89. The molecule has 2 N–H and O–H groups in total. The van der Waals surface area contributed by atoms with Crippen LogP contribution in [0.25, 0.3) is 0 Å². The lowest BCUT2D eigenvalue weighted by Gasteiger charge is -2.26. The molecule has 0 spiro atoms. The molecule has 0 saturated carbocycles. The van der Waals surface area contributed by atoms with Gasteiger partial charge in [0.25, 0.3) is 0 Å². The zero-order valence-corrected chi connectivity index (χ0v) is 17.0. The lowest BCUT2D eigenvalue weighted by Crippen LogP contribution is -2.47. The van der Waals surface area contributed by atoms with Crippen LogP contribution in [0.5, 0.6) is 0 Å². The summed E-state index contributed by atoms with van der Waals surface area (Å²) in [6, 6.07) is 10.1. The Labute approximate surface area is 157 Å². The Morgan fingerprint density at radius 1 is 1.17 bits per heavy atom. The minimum atomic E-state index is -0.487. The van der Waals surface area contributed by atoms with Crippen molar-refractivity contribution in [1.82, 2.24) is 15.5 Å². The standard InChI is InChI=1S/C17H28N4O.HI/c1-6-18-15(22)17(2,3)13-20-16(21(4)5)19-12-14-10-8-7-9-11-14;/h7-11H,6,12-13H2,1-5H3,(H,18,22)(H,19,20);1H. The number of carbonyl (C=O) groups excluding carboxylic acids is 1. The number of hydrogen-bond acceptors (Lipinski definition) is 2. The summed E-state index contributed by atoms with van der Waals surface area (Å²) >= 11 is 0. The van der Waals surface area contributed by atoms with Gasteiger partial charge in [0.1, 0.15) is 0 Å². The van der Waals surface area contributed by atoms with Crippen molar-refractivity contribution < 1.29 is 4.79 Å². The molecule has 0 aliphatic carbocycles. The zero-order valence-electron chi connectivity index (χ0n) is 14.7. The van der Waals surface area contributed by atoms with Crippen molar-refractivity contribution in [3.05, 3.63) is 35.9 Å². The van der Waals surface area contributed by atoms with Gasteiger partial charge >= 0.3 is 0 Å². The second kappa shape index (κ2) is 10.5. The smallest absolute Gasteiger partial charge is 0.227 e. The van der Waals surface area contributed by atoms with E-state index in [0.29, 0.717) is 19.6 Å². The molecule has 0 unspecified atom stereocenters. The van der Waals surface area contributed by atoms with Gasteiger partial charge in [0.05, 0.1) is 12.0 Å². The summed E-state index contributed by atoms with van der Waals surface area (Å²) in [5.74, 6) is 0.824. The number of nitrogens with one attached hydrogen (secondary N) is 2. The van der Waals surface area contributed by atoms with Gasteiger partial charge in [0.15, 0.2) is 5.96 Å². The molecule has 5 nitrogen and oxygen atoms in total. The van der Waals surface area contributed by atoms with E-state index in [1.807, 2.05) is 58.0 Å². The molecule has 1 rings (SSSR count). The molecule has 0 saturated heterocycles. The van der Waals surface area contributed by atoms with Crippen LogP contribution in [0.4, 0.5) is 0 Å². The van der Waals surface area contributed by atoms with Gasteiger partial charge in [-0.15, -0.1) is 24.0 Å². The number of nitrogens with zero attached hydrogens (tertiary/aromatic N) is 2. The van der Waals surface area contributed by atoms with Gasteiger partial charge in [-0.1, -0.05) is 30.3 Å². The molecule has 0 radical (unpaired) electrons. The Hall–Kier alpha value is -1.31. The van der Waals surface area contributed by atoms with Gasteiger partial charge < -0.3 is 15.5 Å². The maximum Gasteiger partial charge on any atom is 0.227 e. The van der Waals surface area contributed by atoms with Crippen molar-refractivity contribution in [1.29, 1.82) is 0 Å². The van der Waals surface area contributed by atoms with Crippen LogP contribution in [-0.4, -0.2) is 44.0 Å². The third-order valence-corrected chi connectivity index (χ3v) is 3.32. The first kappa shape index (κ1) is 21.7. The molecule has 0 bridgehead atoms. The van der Waals surface area contributed by atoms with Crippen LogP contribution < -0.4 is 10.6 Å². The number of aliphatic imine (C=N–C) groups is 1. The van der Waals surface area contributed by atoms with Crippen LogP contribution in [0, 0.1) is 5.41 Å². The van der Waals surface area contributed by atoms with Crippen LogP contribution in [0.15, 0.2) is 35.3 Å². The van der Waals surface area contributed by atoms with Crippen LogP contribution in [0.1, 0.15) is 26.3 Å². The molecule has 1 aromatic carbocycles. The Morgan fingerprint density at radius 2 is 1.78 bits per heavy atom. The van der Waals surface area contributed by atoms with Gasteiger partial charge in [-0.2, -0.15) is 0 Å². The first-order chi connectivity index (χ1) is 10.4. The topological polar surface area (TPSA) is 56.7 Å². The van der Waals surface area contributed by atoms with Gasteiger partial charge in [0.2, 0.25) is 5.91 Å². The normalized spacial score (nSPS) is 11.4. The highest BCUT2D eigenvalue weighted by atomic mass is 127. The largest absolute Gasteiger partial charge is 0.356 e. The number of rotatable bonds is 6. The lowest BCUT2D eigenvalue weighted by atomic mass is 9.92. The Bertz CT molecular complexity index is 501. The fraction of sp³-hybridized carbons (Fsp3) is 0.529.